The van der Waals surface area contributed by atoms with Crippen molar-refractivity contribution in [3.05, 3.63) is 71.3 Å². The first-order valence-corrected chi connectivity index (χ1v) is 6.32. The lowest BCUT2D eigenvalue weighted by molar-refractivity contribution is 0.0951. The van der Waals surface area contributed by atoms with E-state index in [4.69, 9.17) is 5.11 Å². The number of nitrogens with one attached hydrogen (secondary N) is 1. The van der Waals surface area contributed by atoms with Gasteiger partial charge in [-0.3, -0.25) is 4.79 Å². The highest BCUT2D eigenvalue weighted by Crippen LogP contribution is 2.07. The number of carbonyl (C=O) groups is 1. The normalized spacial score (nSPS) is 9.45. The molecule has 0 aromatic heterocycles. The van der Waals surface area contributed by atoms with Crippen molar-refractivity contribution in [1.82, 2.24) is 5.32 Å². The van der Waals surface area contributed by atoms with E-state index in [2.05, 4.69) is 17.2 Å². The fourth-order valence-electron chi connectivity index (χ4n) is 1.80. The summed E-state index contributed by atoms with van der Waals surface area (Å²) in [6.45, 7) is 0.231. The maximum absolute atomic E-state index is 12.0. The van der Waals surface area contributed by atoms with E-state index >= 15 is 0 Å². The van der Waals surface area contributed by atoms with Crippen LogP contribution in [0.5, 0.6) is 0 Å². The fraction of sp³-hybridized carbons (Fsp3) is 0.118. The molecule has 0 aliphatic heterocycles. The van der Waals surface area contributed by atoms with Gasteiger partial charge in [-0.05, 0) is 23.8 Å². The summed E-state index contributed by atoms with van der Waals surface area (Å²) >= 11 is 0. The zero-order valence-electron chi connectivity index (χ0n) is 11.0. The number of aliphatic hydroxyl groups excluding tert-OH is 1. The first-order valence-electron chi connectivity index (χ1n) is 6.32. The molecule has 0 aliphatic carbocycles. The highest BCUT2D eigenvalue weighted by atomic mass is 16.2. The molecule has 0 heterocycles. The third-order valence-corrected chi connectivity index (χ3v) is 2.79. The molecule has 0 saturated heterocycles. The largest absolute Gasteiger partial charge is 0.384 e. The highest BCUT2D eigenvalue weighted by Gasteiger charge is 2.05. The molecular weight excluding hydrogens is 250 g/mol. The van der Waals surface area contributed by atoms with E-state index in [1.807, 2.05) is 42.5 Å². The minimum atomic E-state index is -0.176. The van der Waals surface area contributed by atoms with E-state index in [1.54, 1.807) is 12.1 Å². The second kappa shape index (κ2) is 7.13. The van der Waals surface area contributed by atoms with Gasteiger partial charge in [-0.2, -0.15) is 0 Å². The summed E-state index contributed by atoms with van der Waals surface area (Å²) in [6.07, 6.45) is 0. The number of hydrogen-bond acceptors (Lipinski definition) is 2. The van der Waals surface area contributed by atoms with Crippen LogP contribution in [0.25, 0.3) is 0 Å². The summed E-state index contributed by atoms with van der Waals surface area (Å²) < 4.78 is 0. The monoisotopic (exact) mass is 265 g/mol. The molecule has 0 radical (unpaired) electrons. The van der Waals surface area contributed by atoms with Gasteiger partial charge in [0.05, 0.1) is 0 Å². The molecule has 2 N–H and O–H groups in total. The van der Waals surface area contributed by atoms with Gasteiger partial charge in [-0.1, -0.05) is 48.2 Å². The van der Waals surface area contributed by atoms with Gasteiger partial charge in [0.1, 0.15) is 6.61 Å². The van der Waals surface area contributed by atoms with Crippen LogP contribution in [0.2, 0.25) is 0 Å². The SMILES string of the molecule is O=C(NCc1ccccc1C#CCO)c1ccccc1. The predicted molar refractivity (Wildman–Crippen MR) is 78.0 cm³/mol. The Balaban J connectivity index is 2.06. The number of carbonyl (C=O) groups excluding carboxylic acids is 1. The number of aliphatic hydroxyl groups is 1. The van der Waals surface area contributed by atoms with Crippen molar-refractivity contribution in [3.63, 3.8) is 0 Å². The summed E-state index contributed by atoms with van der Waals surface area (Å²) in [5, 5.41) is 11.6. The second-order valence-corrected chi connectivity index (χ2v) is 4.17. The van der Waals surface area contributed by atoms with Gasteiger partial charge in [0.2, 0.25) is 0 Å². The van der Waals surface area contributed by atoms with Gasteiger partial charge in [0, 0.05) is 17.7 Å². The average molecular weight is 265 g/mol. The first-order chi connectivity index (χ1) is 9.81. The Labute approximate surface area is 118 Å². The standard InChI is InChI=1S/C17H15NO2/c19-12-6-11-14-7-4-5-10-16(14)13-18-17(20)15-8-2-1-3-9-15/h1-5,7-10,19H,12-13H2,(H,18,20). The van der Waals surface area contributed by atoms with Crippen LogP contribution >= 0.6 is 0 Å². The lowest BCUT2D eigenvalue weighted by atomic mass is 10.1. The third-order valence-electron chi connectivity index (χ3n) is 2.79. The van der Waals surface area contributed by atoms with Crippen LogP contribution in [0.1, 0.15) is 21.5 Å². The summed E-state index contributed by atoms with van der Waals surface area (Å²) in [6, 6.07) is 16.6. The molecule has 3 heteroatoms. The van der Waals surface area contributed by atoms with Crippen molar-refractivity contribution in [1.29, 1.82) is 0 Å². The smallest absolute Gasteiger partial charge is 0.251 e. The third kappa shape index (κ3) is 3.71. The Kier molecular flexibility index (Phi) is 4.94. The van der Waals surface area contributed by atoms with E-state index in [0.29, 0.717) is 12.1 Å². The van der Waals surface area contributed by atoms with Crippen LogP contribution in [0, 0.1) is 11.8 Å². The minimum Gasteiger partial charge on any atom is -0.384 e. The van der Waals surface area contributed by atoms with Crippen molar-refractivity contribution in [2.75, 3.05) is 6.61 Å². The van der Waals surface area contributed by atoms with Crippen molar-refractivity contribution < 1.29 is 9.90 Å². The number of benzene rings is 2. The second-order valence-electron chi connectivity index (χ2n) is 4.17. The predicted octanol–water partition coefficient (Wildman–Crippen LogP) is 1.96. The molecule has 0 bridgehead atoms. The molecule has 2 rings (SSSR count). The molecule has 0 spiro atoms. The first kappa shape index (κ1) is 13.9. The Morgan fingerprint density at radius 1 is 1.05 bits per heavy atom. The maximum Gasteiger partial charge on any atom is 0.251 e. The fourth-order valence-corrected chi connectivity index (χ4v) is 1.80. The van der Waals surface area contributed by atoms with Crippen LogP contribution in [0.4, 0.5) is 0 Å². The Bertz CT molecular complexity index is 639. The molecule has 100 valence electrons. The van der Waals surface area contributed by atoms with Crippen LogP contribution in [0.3, 0.4) is 0 Å². The molecule has 20 heavy (non-hydrogen) atoms. The molecule has 0 saturated carbocycles. The molecular formula is C17H15NO2. The molecule has 0 atom stereocenters. The quantitative estimate of drug-likeness (QED) is 0.833. The van der Waals surface area contributed by atoms with Crippen molar-refractivity contribution in [2.24, 2.45) is 0 Å². The van der Waals surface area contributed by atoms with E-state index in [0.717, 1.165) is 11.1 Å². The topological polar surface area (TPSA) is 49.3 Å². The minimum absolute atomic E-state index is 0.115. The zero-order chi connectivity index (χ0) is 14.2. The van der Waals surface area contributed by atoms with E-state index in [9.17, 15) is 4.79 Å². The molecule has 0 unspecified atom stereocenters. The van der Waals surface area contributed by atoms with Gasteiger partial charge in [0.15, 0.2) is 0 Å². The van der Waals surface area contributed by atoms with Crippen LogP contribution in [-0.2, 0) is 6.54 Å². The lowest BCUT2D eigenvalue weighted by Gasteiger charge is -2.07. The van der Waals surface area contributed by atoms with E-state index < -0.39 is 0 Å². The van der Waals surface area contributed by atoms with Gasteiger partial charge in [-0.15, -0.1) is 0 Å². The Morgan fingerprint density at radius 2 is 1.75 bits per heavy atom. The lowest BCUT2D eigenvalue weighted by Crippen LogP contribution is -2.23. The number of amides is 1. The summed E-state index contributed by atoms with van der Waals surface area (Å²) in [5.41, 5.74) is 2.37. The van der Waals surface area contributed by atoms with Crippen LogP contribution in [-0.4, -0.2) is 17.6 Å². The molecule has 0 fully saturated rings. The summed E-state index contributed by atoms with van der Waals surface area (Å²) in [4.78, 5) is 12.0. The van der Waals surface area contributed by atoms with E-state index in [-0.39, 0.29) is 12.5 Å². The highest BCUT2D eigenvalue weighted by molar-refractivity contribution is 5.94. The molecule has 3 nitrogen and oxygen atoms in total. The Hall–Kier alpha value is -2.57. The van der Waals surface area contributed by atoms with E-state index in [1.165, 1.54) is 0 Å². The van der Waals surface area contributed by atoms with Gasteiger partial charge in [-0.25, -0.2) is 0 Å². The zero-order valence-corrected chi connectivity index (χ0v) is 11.0. The van der Waals surface area contributed by atoms with Crippen molar-refractivity contribution in [3.8, 4) is 11.8 Å². The molecule has 0 aliphatic rings. The molecule has 1 amide bonds. The van der Waals surface area contributed by atoms with Crippen LogP contribution < -0.4 is 5.32 Å². The molecule has 2 aromatic carbocycles. The Morgan fingerprint density at radius 3 is 2.50 bits per heavy atom. The number of rotatable bonds is 3. The van der Waals surface area contributed by atoms with Crippen molar-refractivity contribution >= 4 is 5.91 Å². The average Bonchev–Trinajstić information content (AvgIpc) is 2.52. The molecule has 2 aromatic rings. The number of hydrogen-bond donors (Lipinski definition) is 2. The van der Waals surface area contributed by atoms with Gasteiger partial charge < -0.3 is 10.4 Å². The van der Waals surface area contributed by atoms with Crippen LogP contribution in [0.15, 0.2) is 54.6 Å². The van der Waals surface area contributed by atoms with Crippen molar-refractivity contribution in [2.45, 2.75) is 6.54 Å². The van der Waals surface area contributed by atoms with Gasteiger partial charge in [0.25, 0.3) is 5.91 Å². The summed E-state index contributed by atoms with van der Waals surface area (Å²) in [7, 11) is 0. The summed E-state index contributed by atoms with van der Waals surface area (Å²) in [5.74, 6) is 5.38. The maximum atomic E-state index is 12.0. The van der Waals surface area contributed by atoms with Gasteiger partial charge >= 0.3 is 0 Å².